The molecule has 0 aliphatic rings. The summed E-state index contributed by atoms with van der Waals surface area (Å²) in [5.41, 5.74) is 0.885. The number of nitrogens with zero attached hydrogens (tertiary/aromatic N) is 2. The predicted octanol–water partition coefficient (Wildman–Crippen LogP) is 3.13. The minimum atomic E-state index is -0.107. The van der Waals surface area contributed by atoms with Crippen LogP contribution < -0.4 is 5.32 Å². The summed E-state index contributed by atoms with van der Waals surface area (Å²) in [6, 6.07) is 10.9. The zero-order valence-corrected chi connectivity index (χ0v) is 13.5. The zero-order chi connectivity index (χ0) is 16.1. The Morgan fingerprint density at radius 3 is 2.87 bits per heavy atom. The largest absolute Gasteiger partial charge is 0.467 e. The molecule has 6 nitrogen and oxygen atoms in total. The van der Waals surface area contributed by atoms with Gasteiger partial charge in [-0.15, -0.1) is 5.10 Å². The van der Waals surface area contributed by atoms with E-state index in [9.17, 15) is 4.79 Å². The molecule has 1 amide bonds. The highest BCUT2D eigenvalue weighted by Gasteiger charge is 2.09. The predicted molar refractivity (Wildman–Crippen MR) is 88.1 cm³/mol. The topological polar surface area (TPSA) is 83.8 Å². The number of aromatic nitrogens is 3. The maximum absolute atomic E-state index is 11.8. The normalized spacial score (nSPS) is 10.7. The highest BCUT2D eigenvalue weighted by atomic mass is 35.5. The maximum atomic E-state index is 11.8. The van der Waals surface area contributed by atoms with Gasteiger partial charge >= 0.3 is 0 Å². The standard InChI is InChI=1S/C15H13ClN4O2S/c16-11-5-3-10(4-6-11)14-18-15(20-19-14)23-9-13(21)17-8-12-2-1-7-22-12/h1-7H,8-9H2,(H,17,21)(H,18,19,20). The summed E-state index contributed by atoms with van der Waals surface area (Å²) in [6.45, 7) is 0.371. The Labute approximate surface area is 141 Å². The molecule has 0 atom stereocenters. The van der Waals surface area contributed by atoms with Gasteiger partial charge in [0.1, 0.15) is 5.76 Å². The zero-order valence-electron chi connectivity index (χ0n) is 12.0. The average Bonchev–Trinajstić information content (AvgIpc) is 3.23. The van der Waals surface area contributed by atoms with Crippen molar-refractivity contribution in [3.8, 4) is 11.4 Å². The molecule has 0 bridgehead atoms. The van der Waals surface area contributed by atoms with Crippen LogP contribution in [0.5, 0.6) is 0 Å². The Hall–Kier alpha value is -2.25. The number of amides is 1. The Morgan fingerprint density at radius 1 is 1.30 bits per heavy atom. The fraction of sp³-hybridized carbons (Fsp3) is 0.133. The monoisotopic (exact) mass is 348 g/mol. The number of rotatable bonds is 6. The molecule has 0 saturated heterocycles. The van der Waals surface area contributed by atoms with E-state index in [1.54, 1.807) is 30.5 Å². The molecule has 1 aromatic carbocycles. The molecule has 0 aliphatic carbocycles. The smallest absolute Gasteiger partial charge is 0.230 e. The summed E-state index contributed by atoms with van der Waals surface area (Å²) in [4.78, 5) is 16.1. The number of halogens is 1. The summed E-state index contributed by atoms with van der Waals surface area (Å²) in [6.07, 6.45) is 1.57. The molecule has 3 aromatic rings. The van der Waals surface area contributed by atoms with Crippen LogP contribution in [0.3, 0.4) is 0 Å². The number of nitrogens with one attached hydrogen (secondary N) is 2. The van der Waals surface area contributed by atoms with Gasteiger partial charge < -0.3 is 9.73 Å². The van der Waals surface area contributed by atoms with Crippen molar-refractivity contribution < 1.29 is 9.21 Å². The Balaban J connectivity index is 1.50. The third-order valence-electron chi connectivity index (χ3n) is 2.95. The number of carbonyl (C=O) groups is 1. The molecule has 0 radical (unpaired) electrons. The quantitative estimate of drug-likeness (QED) is 0.669. The van der Waals surface area contributed by atoms with Crippen LogP contribution >= 0.6 is 23.4 Å². The van der Waals surface area contributed by atoms with E-state index in [0.29, 0.717) is 28.3 Å². The second-order valence-corrected chi connectivity index (χ2v) is 6.00. The number of hydrogen-bond donors (Lipinski definition) is 2. The van der Waals surface area contributed by atoms with Crippen molar-refractivity contribution >= 4 is 29.3 Å². The van der Waals surface area contributed by atoms with Gasteiger partial charge in [0.2, 0.25) is 11.1 Å². The molecular weight excluding hydrogens is 336 g/mol. The first kappa shape index (κ1) is 15.6. The molecule has 0 fully saturated rings. The minimum Gasteiger partial charge on any atom is -0.467 e. The lowest BCUT2D eigenvalue weighted by molar-refractivity contribution is -0.118. The Morgan fingerprint density at radius 2 is 2.13 bits per heavy atom. The van der Waals surface area contributed by atoms with Crippen LogP contribution in [-0.2, 0) is 11.3 Å². The molecule has 8 heteroatoms. The van der Waals surface area contributed by atoms with E-state index >= 15 is 0 Å². The van der Waals surface area contributed by atoms with Gasteiger partial charge in [-0.2, -0.15) is 0 Å². The van der Waals surface area contributed by atoms with E-state index in [1.165, 1.54) is 11.8 Å². The number of benzene rings is 1. The van der Waals surface area contributed by atoms with Crippen molar-refractivity contribution in [3.05, 3.63) is 53.4 Å². The van der Waals surface area contributed by atoms with Gasteiger partial charge in [-0.05, 0) is 36.4 Å². The summed E-state index contributed by atoms with van der Waals surface area (Å²) in [5.74, 6) is 1.48. The molecule has 2 aromatic heterocycles. The molecule has 0 spiro atoms. The highest BCUT2D eigenvalue weighted by Crippen LogP contribution is 2.20. The second kappa shape index (κ2) is 7.34. The lowest BCUT2D eigenvalue weighted by Gasteiger charge is -2.01. The van der Waals surface area contributed by atoms with Crippen LogP contribution in [0.2, 0.25) is 5.02 Å². The van der Waals surface area contributed by atoms with Gasteiger partial charge in [-0.1, -0.05) is 23.4 Å². The lowest BCUT2D eigenvalue weighted by Crippen LogP contribution is -2.24. The number of carbonyl (C=O) groups excluding carboxylic acids is 1. The van der Waals surface area contributed by atoms with Gasteiger partial charge in [0.25, 0.3) is 0 Å². The van der Waals surface area contributed by atoms with Crippen molar-refractivity contribution in [3.63, 3.8) is 0 Å². The molecule has 0 saturated carbocycles. The van der Waals surface area contributed by atoms with Crippen LogP contribution in [0.25, 0.3) is 11.4 Å². The Kier molecular flexibility index (Phi) is 4.99. The number of thioether (sulfide) groups is 1. The summed E-state index contributed by atoms with van der Waals surface area (Å²) >= 11 is 7.12. The van der Waals surface area contributed by atoms with Crippen LogP contribution in [0.15, 0.2) is 52.2 Å². The summed E-state index contributed by atoms with van der Waals surface area (Å²) < 4.78 is 5.15. The first-order chi connectivity index (χ1) is 11.2. The average molecular weight is 349 g/mol. The van der Waals surface area contributed by atoms with Crippen molar-refractivity contribution in [1.29, 1.82) is 0 Å². The number of hydrogen-bond acceptors (Lipinski definition) is 5. The van der Waals surface area contributed by atoms with E-state index in [4.69, 9.17) is 16.0 Å². The van der Waals surface area contributed by atoms with Crippen molar-refractivity contribution in [1.82, 2.24) is 20.5 Å². The van der Waals surface area contributed by atoms with Gasteiger partial charge in [0.15, 0.2) is 5.82 Å². The van der Waals surface area contributed by atoms with Crippen LogP contribution in [-0.4, -0.2) is 26.8 Å². The molecule has 2 N–H and O–H groups in total. The van der Waals surface area contributed by atoms with Crippen molar-refractivity contribution in [2.24, 2.45) is 0 Å². The fourth-order valence-corrected chi connectivity index (χ4v) is 2.58. The molecule has 2 heterocycles. The number of aromatic amines is 1. The Bertz CT molecular complexity index is 771. The van der Waals surface area contributed by atoms with Crippen LogP contribution in [0.1, 0.15) is 5.76 Å². The molecular formula is C15H13ClN4O2S. The highest BCUT2D eigenvalue weighted by molar-refractivity contribution is 7.99. The summed E-state index contributed by atoms with van der Waals surface area (Å²) in [7, 11) is 0. The first-order valence-corrected chi connectivity index (χ1v) is 8.17. The number of H-pyrrole nitrogens is 1. The van der Waals surface area contributed by atoms with Gasteiger partial charge in [-0.3, -0.25) is 9.89 Å². The maximum Gasteiger partial charge on any atom is 0.230 e. The third-order valence-corrected chi connectivity index (χ3v) is 4.05. The van der Waals surface area contributed by atoms with E-state index in [-0.39, 0.29) is 11.7 Å². The van der Waals surface area contributed by atoms with Crippen molar-refractivity contribution in [2.45, 2.75) is 11.7 Å². The SMILES string of the molecule is O=C(CSc1n[nH]c(-c2ccc(Cl)cc2)n1)NCc1ccco1. The van der Waals surface area contributed by atoms with E-state index < -0.39 is 0 Å². The van der Waals surface area contributed by atoms with Gasteiger partial charge in [0, 0.05) is 10.6 Å². The van der Waals surface area contributed by atoms with E-state index in [1.807, 2.05) is 12.1 Å². The van der Waals surface area contributed by atoms with Crippen LogP contribution in [0.4, 0.5) is 0 Å². The van der Waals surface area contributed by atoms with E-state index in [2.05, 4.69) is 20.5 Å². The summed E-state index contributed by atoms with van der Waals surface area (Å²) in [5, 5.41) is 10.9. The molecule has 3 rings (SSSR count). The molecule has 0 unspecified atom stereocenters. The second-order valence-electron chi connectivity index (χ2n) is 4.62. The fourth-order valence-electron chi connectivity index (χ4n) is 1.83. The van der Waals surface area contributed by atoms with E-state index in [0.717, 1.165) is 5.56 Å². The molecule has 0 aliphatic heterocycles. The van der Waals surface area contributed by atoms with Gasteiger partial charge in [0.05, 0.1) is 18.6 Å². The van der Waals surface area contributed by atoms with Gasteiger partial charge in [-0.25, -0.2) is 4.98 Å². The lowest BCUT2D eigenvalue weighted by atomic mass is 10.2. The first-order valence-electron chi connectivity index (χ1n) is 6.81. The van der Waals surface area contributed by atoms with Crippen molar-refractivity contribution in [2.75, 3.05) is 5.75 Å². The third kappa shape index (κ3) is 4.37. The molecule has 118 valence electrons. The van der Waals surface area contributed by atoms with Crippen LogP contribution in [0, 0.1) is 0 Å². The number of furan rings is 1. The molecule has 23 heavy (non-hydrogen) atoms. The minimum absolute atomic E-state index is 0.107.